The molecule has 0 aliphatic rings. The number of amides is 2. The Morgan fingerprint density at radius 2 is 1.91 bits per heavy atom. The Kier molecular flexibility index (Phi) is 8.02. The number of aromatic nitrogens is 1. The second-order valence-electron chi connectivity index (χ2n) is 6.28. The zero-order valence-corrected chi connectivity index (χ0v) is 18.4. The van der Waals surface area contributed by atoms with Gasteiger partial charge in [-0.2, -0.15) is 5.10 Å². The zero-order valence-electron chi connectivity index (χ0n) is 16.8. The molecule has 10 heteroatoms. The van der Waals surface area contributed by atoms with Crippen LogP contribution in [0, 0.1) is 0 Å². The van der Waals surface area contributed by atoms with Gasteiger partial charge in [0.05, 0.1) is 23.9 Å². The summed E-state index contributed by atoms with van der Waals surface area (Å²) in [5.74, 6) is -0.354. The van der Waals surface area contributed by atoms with E-state index in [9.17, 15) is 9.59 Å². The van der Waals surface area contributed by atoms with Crippen molar-refractivity contribution >= 4 is 46.9 Å². The first kappa shape index (κ1) is 23.1. The molecule has 0 aliphatic carbocycles. The number of anilines is 1. The Morgan fingerprint density at radius 1 is 1.12 bits per heavy atom. The van der Waals surface area contributed by atoms with Gasteiger partial charge in [0, 0.05) is 11.9 Å². The van der Waals surface area contributed by atoms with Crippen LogP contribution in [0.3, 0.4) is 0 Å². The number of hydrogen-bond donors (Lipinski definition) is 2. The average Bonchev–Trinajstić information content (AvgIpc) is 2.79. The topological polar surface area (TPSA) is 102 Å². The molecular weight excluding hydrogens is 455 g/mol. The van der Waals surface area contributed by atoms with Gasteiger partial charge < -0.3 is 14.8 Å². The number of carbonyl (C=O) groups excluding carboxylic acids is 2. The summed E-state index contributed by atoms with van der Waals surface area (Å²) in [6, 6.07) is 15.3. The van der Waals surface area contributed by atoms with Gasteiger partial charge in [-0.05, 0) is 42.0 Å². The predicted octanol–water partition coefficient (Wildman–Crippen LogP) is 4.18. The number of ether oxygens (including phenoxy) is 2. The van der Waals surface area contributed by atoms with Crippen molar-refractivity contribution in [1.29, 1.82) is 0 Å². The molecule has 0 atom stereocenters. The molecule has 2 amide bonds. The Labute approximate surface area is 194 Å². The molecule has 2 aromatic carbocycles. The maximum atomic E-state index is 12.1. The minimum atomic E-state index is -0.512. The lowest BCUT2D eigenvalue weighted by Crippen LogP contribution is -2.20. The van der Waals surface area contributed by atoms with E-state index in [4.69, 9.17) is 32.7 Å². The van der Waals surface area contributed by atoms with Crippen molar-refractivity contribution in [3.63, 3.8) is 0 Å². The van der Waals surface area contributed by atoms with Gasteiger partial charge in [-0.1, -0.05) is 41.4 Å². The van der Waals surface area contributed by atoms with Gasteiger partial charge in [0.1, 0.15) is 5.15 Å². The number of hydrogen-bond acceptors (Lipinski definition) is 6. The normalized spacial score (nSPS) is 10.6. The van der Waals surface area contributed by atoms with E-state index in [0.717, 1.165) is 0 Å². The van der Waals surface area contributed by atoms with Crippen molar-refractivity contribution in [2.75, 3.05) is 19.0 Å². The van der Waals surface area contributed by atoms with Crippen LogP contribution in [0.1, 0.15) is 15.9 Å². The molecule has 3 rings (SSSR count). The largest absolute Gasteiger partial charge is 0.493 e. The van der Waals surface area contributed by atoms with Crippen molar-refractivity contribution in [2.24, 2.45) is 5.10 Å². The van der Waals surface area contributed by atoms with Crippen molar-refractivity contribution in [1.82, 2.24) is 10.4 Å². The van der Waals surface area contributed by atoms with Crippen LogP contribution in [0.15, 0.2) is 65.9 Å². The molecule has 1 heterocycles. The lowest BCUT2D eigenvalue weighted by Gasteiger charge is -2.13. The highest BCUT2D eigenvalue weighted by molar-refractivity contribution is 6.33. The number of pyridine rings is 1. The van der Waals surface area contributed by atoms with Crippen LogP contribution in [0.4, 0.5) is 5.69 Å². The van der Waals surface area contributed by atoms with Gasteiger partial charge in [-0.25, -0.2) is 10.4 Å². The molecule has 0 unspecified atom stereocenters. The smallest absolute Gasteiger partial charge is 0.274 e. The van der Waals surface area contributed by atoms with E-state index in [1.165, 1.54) is 25.6 Å². The highest BCUT2D eigenvalue weighted by Crippen LogP contribution is 2.36. The third kappa shape index (κ3) is 6.19. The summed E-state index contributed by atoms with van der Waals surface area (Å²) in [5.41, 5.74) is 3.74. The lowest BCUT2D eigenvalue weighted by molar-refractivity contribution is -0.118. The second-order valence-corrected chi connectivity index (χ2v) is 7.04. The van der Waals surface area contributed by atoms with Gasteiger partial charge in [0.15, 0.2) is 18.1 Å². The summed E-state index contributed by atoms with van der Waals surface area (Å²) < 4.78 is 10.9. The third-order valence-electron chi connectivity index (χ3n) is 4.04. The van der Waals surface area contributed by atoms with Gasteiger partial charge in [-0.3, -0.25) is 9.59 Å². The summed E-state index contributed by atoms with van der Waals surface area (Å²) in [7, 11) is 1.44. The van der Waals surface area contributed by atoms with Gasteiger partial charge in [0.25, 0.3) is 11.8 Å². The van der Waals surface area contributed by atoms with Crippen molar-refractivity contribution < 1.29 is 19.1 Å². The highest BCUT2D eigenvalue weighted by Gasteiger charge is 2.14. The maximum absolute atomic E-state index is 12.1. The fourth-order valence-corrected chi connectivity index (χ4v) is 3.07. The van der Waals surface area contributed by atoms with E-state index in [1.807, 2.05) is 18.2 Å². The Balaban J connectivity index is 1.64. The Bertz CT molecular complexity index is 1140. The fraction of sp³-hybridized carbons (Fsp3) is 0.0909. The van der Waals surface area contributed by atoms with Crippen molar-refractivity contribution in [3.05, 3.63) is 82.1 Å². The summed E-state index contributed by atoms with van der Waals surface area (Å²) in [6.07, 6.45) is 2.86. The van der Waals surface area contributed by atoms with Crippen LogP contribution in [0.5, 0.6) is 11.5 Å². The van der Waals surface area contributed by atoms with Crippen LogP contribution in [0.2, 0.25) is 10.2 Å². The number of rotatable bonds is 8. The van der Waals surface area contributed by atoms with Crippen LogP contribution in [-0.4, -0.2) is 36.7 Å². The maximum Gasteiger partial charge on any atom is 0.274 e. The van der Waals surface area contributed by atoms with Crippen LogP contribution < -0.4 is 20.2 Å². The molecule has 0 saturated heterocycles. The molecule has 0 saturated carbocycles. The standard InChI is InChI=1S/C22H18Cl2N4O4/c1-31-18-11-14(12-26-28-22(30)16-8-5-9-25-21(16)24)10-17(23)20(18)32-13-19(29)27-15-6-3-2-4-7-15/h2-12H,13H2,1H3,(H,27,29)(H,28,30). The third-order valence-corrected chi connectivity index (χ3v) is 4.62. The SMILES string of the molecule is COc1cc(C=NNC(=O)c2cccnc2Cl)cc(Cl)c1OCC(=O)Nc1ccccc1. The number of benzene rings is 2. The number of hydrazone groups is 1. The van der Waals surface area contributed by atoms with Crippen LogP contribution in [0.25, 0.3) is 0 Å². The summed E-state index contributed by atoms with van der Waals surface area (Å²) in [5, 5.41) is 6.89. The van der Waals surface area contributed by atoms with Gasteiger partial charge >= 0.3 is 0 Å². The van der Waals surface area contributed by atoms with Gasteiger partial charge in [-0.15, -0.1) is 0 Å². The number of methoxy groups -OCH3 is 1. The summed E-state index contributed by atoms with van der Waals surface area (Å²) in [4.78, 5) is 28.1. The van der Waals surface area contributed by atoms with Crippen LogP contribution >= 0.6 is 23.2 Å². The van der Waals surface area contributed by atoms with Gasteiger partial charge in [0.2, 0.25) is 0 Å². The first-order valence-corrected chi connectivity index (χ1v) is 10.0. The summed E-state index contributed by atoms with van der Waals surface area (Å²) in [6.45, 7) is -0.264. The van der Waals surface area contributed by atoms with Crippen molar-refractivity contribution in [3.8, 4) is 11.5 Å². The number of para-hydroxylation sites is 1. The van der Waals surface area contributed by atoms with E-state index in [1.54, 1.807) is 30.3 Å². The molecule has 0 radical (unpaired) electrons. The first-order chi connectivity index (χ1) is 15.5. The van der Waals surface area contributed by atoms with Crippen LogP contribution in [-0.2, 0) is 4.79 Å². The number of nitrogens with one attached hydrogen (secondary N) is 2. The first-order valence-electron chi connectivity index (χ1n) is 9.27. The molecule has 1 aromatic heterocycles. The Morgan fingerprint density at radius 3 is 2.62 bits per heavy atom. The molecule has 8 nitrogen and oxygen atoms in total. The predicted molar refractivity (Wildman–Crippen MR) is 123 cm³/mol. The highest BCUT2D eigenvalue weighted by atomic mass is 35.5. The minimum absolute atomic E-state index is 0.0720. The number of halogens is 2. The molecule has 3 aromatic rings. The molecule has 32 heavy (non-hydrogen) atoms. The molecule has 164 valence electrons. The molecule has 0 spiro atoms. The number of carbonyl (C=O) groups is 2. The van der Waals surface area contributed by atoms with E-state index in [0.29, 0.717) is 17.0 Å². The quantitative estimate of drug-likeness (QED) is 0.290. The van der Waals surface area contributed by atoms with Crippen molar-refractivity contribution in [2.45, 2.75) is 0 Å². The molecule has 0 fully saturated rings. The monoisotopic (exact) mass is 472 g/mol. The molecule has 0 aliphatic heterocycles. The molecule has 2 N–H and O–H groups in total. The van der Waals surface area contributed by atoms with E-state index in [2.05, 4.69) is 20.8 Å². The lowest BCUT2D eigenvalue weighted by atomic mass is 10.2. The second kappa shape index (κ2) is 11.1. The zero-order chi connectivity index (χ0) is 22.9. The molecule has 0 bridgehead atoms. The Hall–Kier alpha value is -3.62. The van der Waals surface area contributed by atoms with E-state index >= 15 is 0 Å². The minimum Gasteiger partial charge on any atom is -0.493 e. The average molecular weight is 473 g/mol. The summed E-state index contributed by atoms with van der Waals surface area (Å²) >= 11 is 12.2. The van der Waals surface area contributed by atoms with E-state index in [-0.39, 0.29) is 34.0 Å². The number of nitrogens with zero attached hydrogens (tertiary/aromatic N) is 2. The van der Waals surface area contributed by atoms with E-state index < -0.39 is 5.91 Å². The molecular formula is C22H18Cl2N4O4. The fourth-order valence-electron chi connectivity index (χ4n) is 2.59.